The smallest absolute Gasteiger partial charge is 0.133 e. The van der Waals surface area contributed by atoms with Crippen molar-refractivity contribution in [2.75, 3.05) is 13.1 Å². The molecule has 0 aliphatic carbocycles. The molecule has 13 heavy (non-hydrogen) atoms. The van der Waals surface area contributed by atoms with Crippen LogP contribution in [0.1, 0.15) is 5.56 Å². The second-order valence-electron chi connectivity index (χ2n) is 2.75. The van der Waals surface area contributed by atoms with E-state index in [-0.39, 0.29) is 5.82 Å². The first-order valence-corrected chi connectivity index (χ1v) is 4.21. The van der Waals surface area contributed by atoms with Crippen LogP contribution in [0.2, 0.25) is 0 Å². The number of carbonyl (C=O) groups excluding carboxylic acids is 1. The van der Waals surface area contributed by atoms with Crippen LogP contribution in [0, 0.1) is 5.82 Å². The summed E-state index contributed by atoms with van der Waals surface area (Å²) < 4.78 is 12.5. The van der Waals surface area contributed by atoms with Crippen LogP contribution in [0.15, 0.2) is 24.3 Å². The average Bonchev–Trinajstić information content (AvgIpc) is 2.15. The maximum Gasteiger partial charge on any atom is 0.133 e. The molecule has 70 valence electrons. The van der Waals surface area contributed by atoms with E-state index in [1.165, 1.54) is 12.1 Å². The summed E-state index contributed by atoms with van der Waals surface area (Å²) in [6, 6.07) is 6.37. The Bertz CT molecular complexity index is 258. The summed E-state index contributed by atoms with van der Waals surface area (Å²) in [6.45, 7) is 1.12. The van der Waals surface area contributed by atoms with Gasteiger partial charge < -0.3 is 10.1 Å². The van der Waals surface area contributed by atoms with Gasteiger partial charge in [-0.15, -0.1) is 0 Å². The molecule has 0 unspecified atom stereocenters. The van der Waals surface area contributed by atoms with Crippen LogP contribution in [-0.2, 0) is 11.2 Å². The molecule has 0 heterocycles. The minimum absolute atomic E-state index is 0.218. The summed E-state index contributed by atoms with van der Waals surface area (Å²) in [6.07, 6.45) is 1.64. The Morgan fingerprint density at radius 3 is 2.62 bits per heavy atom. The lowest BCUT2D eigenvalue weighted by molar-refractivity contribution is -0.107. The first kappa shape index (κ1) is 9.86. The first-order chi connectivity index (χ1) is 6.33. The molecule has 3 heteroatoms. The minimum atomic E-state index is -0.218. The van der Waals surface area contributed by atoms with Crippen molar-refractivity contribution in [2.45, 2.75) is 6.42 Å². The Balaban J connectivity index is 2.28. The fourth-order valence-corrected chi connectivity index (χ4v) is 1.04. The van der Waals surface area contributed by atoms with Crippen LogP contribution in [0.5, 0.6) is 0 Å². The highest BCUT2D eigenvalue weighted by atomic mass is 19.1. The Morgan fingerprint density at radius 1 is 1.31 bits per heavy atom. The van der Waals surface area contributed by atoms with Gasteiger partial charge in [-0.1, -0.05) is 12.1 Å². The van der Waals surface area contributed by atoms with Gasteiger partial charge in [-0.05, 0) is 30.7 Å². The van der Waals surface area contributed by atoms with E-state index >= 15 is 0 Å². The van der Waals surface area contributed by atoms with Gasteiger partial charge in [0.15, 0.2) is 0 Å². The summed E-state index contributed by atoms with van der Waals surface area (Å²) in [7, 11) is 0. The molecule has 0 aliphatic rings. The van der Waals surface area contributed by atoms with Crippen molar-refractivity contribution in [2.24, 2.45) is 0 Å². The largest absolute Gasteiger partial charge is 0.310 e. The number of rotatable bonds is 5. The number of benzene rings is 1. The molecule has 0 aliphatic heterocycles. The highest BCUT2D eigenvalue weighted by molar-refractivity contribution is 5.51. The standard InChI is InChI=1S/C10H12FNO/c11-10-3-1-9(2-4-10)5-6-12-7-8-13/h1-4,8,12H,5-7H2. The molecule has 0 atom stereocenters. The van der Waals surface area contributed by atoms with Crippen LogP contribution >= 0.6 is 0 Å². The van der Waals surface area contributed by atoms with Crippen molar-refractivity contribution in [3.8, 4) is 0 Å². The molecular weight excluding hydrogens is 169 g/mol. The van der Waals surface area contributed by atoms with E-state index < -0.39 is 0 Å². The summed E-state index contributed by atoms with van der Waals surface area (Å²) in [5.41, 5.74) is 1.07. The van der Waals surface area contributed by atoms with Crippen molar-refractivity contribution < 1.29 is 9.18 Å². The van der Waals surface area contributed by atoms with Gasteiger partial charge in [0.2, 0.25) is 0 Å². The molecular formula is C10H12FNO. The Kier molecular flexibility index (Phi) is 4.12. The van der Waals surface area contributed by atoms with Gasteiger partial charge in [0, 0.05) is 0 Å². The fourth-order valence-electron chi connectivity index (χ4n) is 1.04. The van der Waals surface area contributed by atoms with Gasteiger partial charge in [0.05, 0.1) is 6.54 Å². The van der Waals surface area contributed by atoms with Crippen LogP contribution < -0.4 is 5.32 Å². The van der Waals surface area contributed by atoms with E-state index in [4.69, 9.17) is 0 Å². The van der Waals surface area contributed by atoms with Crippen molar-refractivity contribution in [3.63, 3.8) is 0 Å². The molecule has 1 aromatic rings. The lowest BCUT2D eigenvalue weighted by atomic mass is 10.1. The molecule has 0 bridgehead atoms. The van der Waals surface area contributed by atoms with Crippen molar-refractivity contribution in [1.82, 2.24) is 5.32 Å². The molecule has 0 saturated heterocycles. The van der Waals surface area contributed by atoms with E-state index in [9.17, 15) is 9.18 Å². The van der Waals surface area contributed by atoms with Crippen molar-refractivity contribution in [1.29, 1.82) is 0 Å². The molecule has 0 saturated carbocycles. The van der Waals surface area contributed by atoms with Gasteiger partial charge in [-0.2, -0.15) is 0 Å². The number of hydrogen-bond donors (Lipinski definition) is 1. The summed E-state index contributed by atoms with van der Waals surface area (Å²) in [5.74, 6) is -0.218. The molecule has 1 N–H and O–H groups in total. The fraction of sp³-hybridized carbons (Fsp3) is 0.300. The minimum Gasteiger partial charge on any atom is -0.310 e. The molecule has 1 rings (SSSR count). The van der Waals surface area contributed by atoms with Gasteiger partial charge in [0.25, 0.3) is 0 Å². The lowest BCUT2D eigenvalue weighted by Crippen LogP contribution is -2.19. The molecule has 1 aromatic carbocycles. The zero-order valence-corrected chi connectivity index (χ0v) is 7.29. The monoisotopic (exact) mass is 181 g/mol. The topological polar surface area (TPSA) is 29.1 Å². The van der Waals surface area contributed by atoms with E-state index in [0.29, 0.717) is 6.54 Å². The molecule has 0 radical (unpaired) electrons. The summed E-state index contributed by atoms with van der Waals surface area (Å²) in [5, 5.41) is 2.94. The maximum atomic E-state index is 12.5. The highest BCUT2D eigenvalue weighted by Gasteiger charge is 1.92. The number of halogens is 1. The lowest BCUT2D eigenvalue weighted by Gasteiger charge is -2.00. The van der Waals surface area contributed by atoms with Crippen LogP contribution in [0.3, 0.4) is 0 Å². The zero-order valence-electron chi connectivity index (χ0n) is 7.29. The van der Waals surface area contributed by atoms with Crippen molar-refractivity contribution in [3.05, 3.63) is 35.6 Å². The predicted molar refractivity (Wildman–Crippen MR) is 49.0 cm³/mol. The highest BCUT2D eigenvalue weighted by Crippen LogP contribution is 2.02. The predicted octanol–water partition coefficient (Wildman–Crippen LogP) is 1.16. The summed E-state index contributed by atoms with van der Waals surface area (Å²) >= 11 is 0. The van der Waals surface area contributed by atoms with Gasteiger partial charge in [0.1, 0.15) is 12.1 Å². The second kappa shape index (κ2) is 5.43. The number of carbonyl (C=O) groups is 1. The SMILES string of the molecule is O=CCNCCc1ccc(F)cc1. The van der Waals surface area contributed by atoms with E-state index in [1.54, 1.807) is 12.1 Å². The molecule has 0 amide bonds. The van der Waals surface area contributed by atoms with Gasteiger partial charge in [-0.25, -0.2) is 4.39 Å². The maximum absolute atomic E-state index is 12.5. The zero-order chi connectivity index (χ0) is 9.52. The number of hydrogen-bond acceptors (Lipinski definition) is 2. The Labute approximate surface area is 76.8 Å². The third-order valence-corrected chi connectivity index (χ3v) is 1.73. The molecule has 0 aromatic heterocycles. The molecule has 0 fully saturated rings. The van der Waals surface area contributed by atoms with E-state index in [1.807, 2.05) is 0 Å². The van der Waals surface area contributed by atoms with Gasteiger partial charge in [-0.3, -0.25) is 0 Å². The third-order valence-electron chi connectivity index (χ3n) is 1.73. The third kappa shape index (κ3) is 3.80. The number of aldehydes is 1. The van der Waals surface area contributed by atoms with Crippen LogP contribution in [0.4, 0.5) is 4.39 Å². The van der Waals surface area contributed by atoms with E-state index in [2.05, 4.69) is 5.32 Å². The molecule has 0 spiro atoms. The average molecular weight is 181 g/mol. The van der Waals surface area contributed by atoms with Crippen LogP contribution in [-0.4, -0.2) is 19.4 Å². The van der Waals surface area contributed by atoms with Crippen molar-refractivity contribution >= 4 is 6.29 Å². The first-order valence-electron chi connectivity index (χ1n) is 4.21. The molecule has 2 nitrogen and oxygen atoms in total. The Hall–Kier alpha value is -1.22. The van der Waals surface area contributed by atoms with Crippen LogP contribution in [0.25, 0.3) is 0 Å². The van der Waals surface area contributed by atoms with Gasteiger partial charge >= 0.3 is 0 Å². The second-order valence-corrected chi connectivity index (χ2v) is 2.75. The quantitative estimate of drug-likeness (QED) is 0.545. The summed E-state index contributed by atoms with van der Waals surface area (Å²) in [4.78, 5) is 9.95. The number of nitrogens with one attached hydrogen (secondary N) is 1. The van der Waals surface area contributed by atoms with E-state index in [0.717, 1.165) is 24.8 Å². The normalized spacial score (nSPS) is 9.92. The Morgan fingerprint density at radius 2 is 2.00 bits per heavy atom.